The van der Waals surface area contributed by atoms with Gasteiger partial charge in [0.15, 0.2) is 0 Å². The Kier molecular flexibility index (Phi) is 4.72. The molecular weight excluding hydrogens is 424 g/mol. The van der Waals surface area contributed by atoms with E-state index < -0.39 is 51.0 Å². The van der Waals surface area contributed by atoms with Crippen LogP contribution in [0.15, 0.2) is 36.4 Å². The number of hydrogen-bond donors (Lipinski definition) is 0. The van der Waals surface area contributed by atoms with E-state index in [1.165, 1.54) is 25.1 Å². The summed E-state index contributed by atoms with van der Waals surface area (Å²) < 4.78 is 104. The normalized spacial score (nSPS) is 17.6. The Labute approximate surface area is 161 Å². The van der Waals surface area contributed by atoms with Crippen LogP contribution >= 0.6 is 0 Å². The number of benzene rings is 2. The lowest BCUT2D eigenvalue weighted by atomic mass is 9.93. The Morgan fingerprint density at radius 3 is 1.90 bits per heavy atom. The van der Waals surface area contributed by atoms with E-state index in [1.807, 2.05) is 0 Å². The molecule has 0 spiro atoms. The minimum atomic E-state index is -5.11. The van der Waals surface area contributed by atoms with Gasteiger partial charge in [0.25, 0.3) is 5.91 Å². The second-order valence-electron chi connectivity index (χ2n) is 6.64. The van der Waals surface area contributed by atoms with Crippen LogP contribution < -0.4 is 0 Å². The number of carbonyl (C=O) groups is 1. The molecule has 0 aliphatic carbocycles. The molecule has 1 heterocycles. The quantitative estimate of drug-likeness (QED) is 0.649. The van der Waals surface area contributed by atoms with Gasteiger partial charge in [-0.2, -0.15) is 26.3 Å². The molecule has 0 radical (unpaired) electrons. The molecule has 0 saturated carbocycles. The summed E-state index contributed by atoms with van der Waals surface area (Å²) in [6.45, 7) is 1.49. The van der Waals surface area contributed by atoms with Crippen LogP contribution in [-0.4, -0.2) is 24.9 Å². The maximum Gasteiger partial charge on any atom is 0.416 e. The predicted octanol–water partition coefficient (Wildman–Crippen LogP) is 4.54. The van der Waals surface area contributed by atoms with Crippen LogP contribution in [0.25, 0.3) is 0 Å². The molecule has 0 saturated heterocycles. The first-order valence-electron chi connectivity index (χ1n) is 8.05. The van der Waals surface area contributed by atoms with Gasteiger partial charge in [0.2, 0.25) is 10.0 Å². The molecular formula is C18H13F6NO3S. The van der Waals surface area contributed by atoms with Crippen molar-refractivity contribution in [1.29, 1.82) is 0 Å². The fraction of sp³-hybridized carbons (Fsp3) is 0.278. The monoisotopic (exact) mass is 437 g/mol. The van der Waals surface area contributed by atoms with Gasteiger partial charge in [-0.25, -0.2) is 12.7 Å². The molecule has 29 heavy (non-hydrogen) atoms. The Balaban J connectivity index is 2.36. The van der Waals surface area contributed by atoms with Gasteiger partial charge in [-0.3, -0.25) is 4.79 Å². The SMILES string of the molecule is Cc1cccc2c1C(=O)N(S(C)(=O)=O)C2c1cc(C(F)(F)F)cc(C(F)(F)F)c1. The molecule has 1 unspecified atom stereocenters. The Morgan fingerprint density at radius 1 is 0.931 bits per heavy atom. The second-order valence-corrected chi connectivity index (χ2v) is 8.50. The number of rotatable bonds is 2. The van der Waals surface area contributed by atoms with Gasteiger partial charge in [0.1, 0.15) is 0 Å². The molecule has 1 amide bonds. The zero-order valence-corrected chi connectivity index (χ0v) is 15.7. The van der Waals surface area contributed by atoms with Gasteiger partial charge >= 0.3 is 12.4 Å². The number of halogens is 6. The van der Waals surface area contributed by atoms with E-state index in [0.717, 1.165) is 0 Å². The summed E-state index contributed by atoms with van der Waals surface area (Å²) >= 11 is 0. The van der Waals surface area contributed by atoms with Crippen LogP contribution in [0.2, 0.25) is 0 Å². The Hall–Kier alpha value is -2.56. The van der Waals surface area contributed by atoms with Crippen LogP contribution in [0.3, 0.4) is 0 Å². The number of fused-ring (bicyclic) bond motifs is 1. The number of sulfonamides is 1. The zero-order valence-electron chi connectivity index (χ0n) is 14.9. The van der Waals surface area contributed by atoms with E-state index in [-0.39, 0.29) is 17.2 Å². The van der Waals surface area contributed by atoms with Crippen LogP contribution in [0, 0.1) is 6.92 Å². The molecule has 0 N–H and O–H groups in total. The van der Waals surface area contributed by atoms with E-state index in [9.17, 15) is 39.6 Å². The molecule has 0 bridgehead atoms. The van der Waals surface area contributed by atoms with Crippen LogP contribution in [0.5, 0.6) is 0 Å². The number of nitrogens with zero attached hydrogens (tertiary/aromatic N) is 1. The number of aryl methyl sites for hydroxylation is 1. The Morgan fingerprint density at radius 2 is 1.45 bits per heavy atom. The number of hydrogen-bond acceptors (Lipinski definition) is 3. The third-order valence-electron chi connectivity index (χ3n) is 4.53. The first kappa shape index (κ1) is 21.2. The average molecular weight is 437 g/mol. The molecule has 156 valence electrons. The smallest absolute Gasteiger partial charge is 0.268 e. The minimum Gasteiger partial charge on any atom is -0.268 e. The van der Waals surface area contributed by atoms with Crippen molar-refractivity contribution >= 4 is 15.9 Å². The maximum atomic E-state index is 13.2. The highest BCUT2D eigenvalue weighted by molar-refractivity contribution is 7.89. The number of amides is 1. The van der Waals surface area contributed by atoms with E-state index in [0.29, 0.717) is 28.3 Å². The molecule has 0 fully saturated rings. The van der Waals surface area contributed by atoms with E-state index in [4.69, 9.17) is 0 Å². The molecule has 1 aliphatic heterocycles. The number of carbonyl (C=O) groups excluding carboxylic acids is 1. The van der Waals surface area contributed by atoms with Gasteiger partial charge in [0.05, 0.1) is 23.4 Å². The largest absolute Gasteiger partial charge is 0.416 e. The molecule has 3 rings (SSSR count). The average Bonchev–Trinajstić information content (AvgIpc) is 2.87. The topological polar surface area (TPSA) is 54.5 Å². The molecule has 2 aromatic carbocycles. The second kappa shape index (κ2) is 6.48. The lowest BCUT2D eigenvalue weighted by molar-refractivity contribution is -0.143. The third kappa shape index (κ3) is 3.70. The third-order valence-corrected chi connectivity index (χ3v) is 5.62. The van der Waals surface area contributed by atoms with Gasteiger partial charge in [-0.15, -0.1) is 0 Å². The molecule has 1 aliphatic rings. The van der Waals surface area contributed by atoms with E-state index in [1.54, 1.807) is 0 Å². The van der Waals surface area contributed by atoms with Crippen molar-refractivity contribution in [1.82, 2.24) is 4.31 Å². The van der Waals surface area contributed by atoms with Crippen LogP contribution in [-0.2, 0) is 22.4 Å². The summed E-state index contributed by atoms with van der Waals surface area (Å²) in [5.41, 5.74) is -3.47. The highest BCUT2D eigenvalue weighted by Crippen LogP contribution is 2.44. The summed E-state index contributed by atoms with van der Waals surface area (Å²) in [6.07, 6.45) is -9.55. The van der Waals surface area contributed by atoms with Gasteiger partial charge in [-0.1, -0.05) is 18.2 Å². The first-order chi connectivity index (χ1) is 13.1. The lowest BCUT2D eigenvalue weighted by Crippen LogP contribution is -2.34. The van der Waals surface area contributed by atoms with Crippen LogP contribution in [0.4, 0.5) is 26.3 Å². The van der Waals surface area contributed by atoms with Crippen molar-refractivity contribution in [2.45, 2.75) is 25.3 Å². The van der Waals surface area contributed by atoms with Gasteiger partial charge < -0.3 is 0 Å². The lowest BCUT2D eigenvalue weighted by Gasteiger charge is -2.25. The summed E-state index contributed by atoms with van der Waals surface area (Å²) in [7, 11) is -4.31. The summed E-state index contributed by atoms with van der Waals surface area (Å²) in [5.74, 6) is -1.00. The maximum absolute atomic E-state index is 13.2. The van der Waals surface area contributed by atoms with E-state index in [2.05, 4.69) is 0 Å². The predicted molar refractivity (Wildman–Crippen MR) is 90.5 cm³/mol. The van der Waals surface area contributed by atoms with E-state index >= 15 is 0 Å². The minimum absolute atomic E-state index is 0.0212. The summed E-state index contributed by atoms with van der Waals surface area (Å²) in [5, 5.41) is 0. The number of alkyl halides is 6. The highest BCUT2D eigenvalue weighted by atomic mass is 32.2. The van der Waals surface area contributed by atoms with Crippen LogP contribution in [0.1, 0.15) is 44.2 Å². The van der Waals surface area contributed by atoms with Crippen molar-refractivity contribution < 1.29 is 39.6 Å². The molecule has 4 nitrogen and oxygen atoms in total. The fourth-order valence-electron chi connectivity index (χ4n) is 3.36. The highest BCUT2D eigenvalue weighted by Gasteiger charge is 2.45. The molecule has 1 atom stereocenters. The van der Waals surface area contributed by atoms with Crippen molar-refractivity contribution in [2.75, 3.05) is 6.26 Å². The molecule has 11 heteroatoms. The molecule has 2 aromatic rings. The fourth-order valence-corrected chi connectivity index (χ4v) is 4.37. The zero-order chi connectivity index (χ0) is 21.9. The van der Waals surface area contributed by atoms with Crippen molar-refractivity contribution in [2.24, 2.45) is 0 Å². The standard InChI is InChI=1S/C18H13F6NO3S/c1-9-4-3-5-13-14(9)16(26)25(29(2,27)28)15(13)10-6-11(17(19,20)21)8-12(7-10)18(22,23)24/h3-8,15H,1-2H3. The Bertz CT molecular complexity index is 1070. The summed E-state index contributed by atoms with van der Waals surface area (Å²) in [4.78, 5) is 12.7. The van der Waals surface area contributed by atoms with Crippen molar-refractivity contribution in [3.05, 3.63) is 69.8 Å². The van der Waals surface area contributed by atoms with Gasteiger partial charge in [-0.05, 0) is 41.8 Å². The van der Waals surface area contributed by atoms with Crippen molar-refractivity contribution in [3.63, 3.8) is 0 Å². The van der Waals surface area contributed by atoms with Crippen molar-refractivity contribution in [3.8, 4) is 0 Å². The first-order valence-corrected chi connectivity index (χ1v) is 9.90. The summed E-state index contributed by atoms with van der Waals surface area (Å²) in [6, 6.07) is 3.42. The van der Waals surface area contributed by atoms with Gasteiger partial charge in [0, 0.05) is 5.56 Å². The molecule has 0 aromatic heterocycles.